The van der Waals surface area contributed by atoms with E-state index in [1.54, 1.807) is 23.1 Å². The summed E-state index contributed by atoms with van der Waals surface area (Å²) in [6, 6.07) is 11.3. The first-order chi connectivity index (χ1) is 11.9. The Kier molecular flexibility index (Phi) is 5.01. The van der Waals surface area contributed by atoms with Gasteiger partial charge in [-0.05, 0) is 55.7 Å². The molecule has 0 unspecified atom stereocenters. The molecule has 1 saturated heterocycles. The van der Waals surface area contributed by atoms with Crippen molar-refractivity contribution in [1.82, 2.24) is 4.90 Å². The van der Waals surface area contributed by atoms with Gasteiger partial charge < -0.3 is 4.90 Å². The smallest absolute Gasteiger partial charge is 0.261 e. The third kappa shape index (κ3) is 3.96. The summed E-state index contributed by atoms with van der Waals surface area (Å²) in [5.74, 6) is -0.227. The summed E-state index contributed by atoms with van der Waals surface area (Å²) < 4.78 is 27.8. The van der Waals surface area contributed by atoms with Crippen molar-refractivity contribution >= 4 is 33.2 Å². The Balaban J connectivity index is 1.91. The highest BCUT2D eigenvalue weighted by Gasteiger charge is 2.24. The van der Waals surface area contributed by atoms with Gasteiger partial charge in [0.1, 0.15) is 0 Å². The molecule has 7 heteroatoms. The predicted octanol–water partition coefficient (Wildman–Crippen LogP) is 3.69. The molecular weight excluding hydrogens is 360 g/mol. The van der Waals surface area contributed by atoms with Gasteiger partial charge in [0.25, 0.3) is 15.9 Å². The fourth-order valence-electron chi connectivity index (χ4n) is 2.85. The third-order valence-corrected chi connectivity index (χ3v) is 5.85. The maximum atomic E-state index is 12.6. The molecule has 0 saturated carbocycles. The lowest BCUT2D eigenvalue weighted by molar-refractivity contribution is 0.0792. The number of sulfonamides is 1. The van der Waals surface area contributed by atoms with Crippen LogP contribution in [0.4, 0.5) is 5.69 Å². The largest absolute Gasteiger partial charge is 0.339 e. The molecule has 1 amide bonds. The summed E-state index contributed by atoms with van der Waals surface area (Å²) in [7, 11) is -3.81. The average molecular weight is 379 g/mol. The second-order valence-corrected chi connectivity index (χ2v) is 8.21. The molecule has 1 aliphatic heterocycles. The molecule has 2 aromatic carbocycles. The molecule has 132 valence electrons. The highest BCUT2D eigenvalue weighted by atomic mass is 35.5. The number of anilines is 1. The van der Waals surface area contributed by atoms with Crippen LogP contribution in [0.2, 0.25) is 5.02 Å². The minimum Gasteiger partial charge on any atom is -0.339 e. The minimum absolute atomic E-state index is 0.0148. The number of rotatable bonds is 4. The molecule has 5 nitrogen and oxygen atoms in total. The summed E-state index contributed by atoms with van der Waals surface area (Å²) >= 11 is 6.14. The van der Waals surface area contributed by atoms with E-state index in [0.717, 1.165) is 18.4 Å². The van der Waals surface area contributed by atoms with Gasteiger partial charge in [-0.2, -0.15) is 0 Å². The fraction of sp³-hybridized carbons (Fsp3) is 0.278. The molecule has 1 N–H and O–H groups in total. The van der Waals surface area contributed by atoms with Crippen LogP contribution in [0.25, 0.3) is 0 Å². The van der Waals surface area contributed by atoms with Crippen molar-refractivity contribution in [3.05, 3.63) is 58.6 Å². The van der Waals surface area contributed by atoms with Crippen molar-refractivity contribution < 1.29 is 13.2 Å². The van der Waals surface area contributed by atoms with Gasteiger partial charge >= 0.3 is 0 Å². The van der Waals surface area contributed by atoms with E-state index in [-0.39, 0.29) is 21.4 Å². The zero-order valence-corrected chi connectivity index (χ0v) is 15.4. The van der Waals surface area contributed by atoms with Gasteiger partial charge in [-0.25, -0.2) is 8.42 Å². The SMILES string of the molecule is Cc1cccc(NS(=O)(=O)c2ccc(Cl)c(C(=O)N3CCCC3)c2)c1. The van der Waals surface area contributed by atoms with Crippen LogP contribution < -0.4 is 4.72 Å². The normalized spacial score (nSPS) is 14.6. The van der Waals surface area contributed by atoms with E-state index < -0.39 is 10.0 Å². The molecule has 0 aliphatic carbocycles. The predicted molar refractivity (Wildman–Crippen MR) is 98.6 cm³/mol. The van der Waals surface area contributed by atoms with Crippen molar-refractivity contribution in [2.45, 2.75) is 24.7 Å². The number of hydrogen-bond donors (Lipinski definition) is 1. The van der Waals surface area contributed by atoms with Crippen LogP contribution in [-0.2, 0) is 10.0 Å². The number of carbonyl (C=O) groups excluding carboxylic acids is 1. The van der Waals surface area contributed by atoms with Gasteiger partial charge in [-0.3, -0.25) is 9.52 Å². The Morgan fingerprint density at radius 1 is 1.12 bits per heavy atom. The maximum absolute atomic E-state index is 12.6. The van der Waals surface area contributed by atoms with Crippen molar-refractivity contribution in [3.8, 4) is 0 Å². The first-order valence-electron chi connectivity index (χ1n) is 8.05. The first kappa shape index (κ1) is 17.8. The van der Waals surface area contributed by atoms with Crippen LogP contribution in [0.3, 0.4) is 0 Å². The van der Waals surface area contributed by atoms with E-state index in [1.165, 1.54) is 18.2 Å². The lowest BCUT2D eigenvalue weighted by atomic mass is 10.2. The van der Waals surface area contributed by atoms with Gasteiger partial charge in [0, 0.05) is 18.8 Å². The lowest BCUT2D eigenvalue weighted by Crippen LogP contribution is -2.28. The summed E-state index contributed by atoms with van der Waals surface area (Å²) in [5, 5.41) is 0.256. The van der Waals surface area contributed by atoms with E-state index in [4.69, 9.17) is 11.6 Å². The molecule has 0 aromatic heterocycles. The number of benzene rings is 2. The fourth-order valence-corrected chi connectivity index (χ4v) is 4.12. The zero-order chi connectivity index (χ0) is 18.0. The van der Waals surface area contributed by atoms with Crippen LogP contribution >= 0.6 is 11.6 Å². The molecule has 0 bridgehead atoms. The molecule has 1 fully saturated rings. The Morgan fingerprint density at radius 2 is 1.84 bits per heavy atom. The molecule has 0 atom stereocenters. The number of nitrogens with zero attached hydrogens (tertiary/aromatic N) is 1. The summed E-state index contributed by atoms with van der Waals surface area (Å²) in [6.45, 7) is 3.23. The number of amides is 1. The maximum Gasteiger partial charge on any atom is 0.261 e. The molecule has 25 heavy (non-hydrogen) atoms. The van der Waals surface area contributed by atoms with Crippen LogP contribution in [-0.4, -0.2) is 32.3 Å². The van der Waals surface area contributed by atoms with Gasteiger partial charge in [-0.15, -0.1) is 0 Å². The second kappa shape index (κ2) is 7.06. The Morgan fingerprint density at radius 3 is 2.52 bits per heavy atom. The van der Waals surface area contributed by atoms with Crippen LogP contribution in [0, 0.1) is 6.92 Å². The number of hydrogen-bond acceptors (Lipinski definition) is 3. The van der Waals surface area contributed by atoms with Crippen molar-refractivity contribution in [2.75, 3.05) is 17.8 Å². The van der Waals surface area contributed by atoms with E-state index in [1.807, 2.05) is 13.0 Å². The molecule has 2 aromatic rings. The lowest BCUT2D eigenvalue weighted by Gasteiger charge is -2.17. The van der Waals surface area contributed by atoms with Gasteiger partial charge in [0.2, 0.25) is 0 Å². The number of aryl methyl sites for hydroxylation is 1. The van der Waals surface area contributed by atoms with Gasteiger partial charge in [0.05, 0.1) is 15.5 Å². The monoisotopic (exact) mass is 378 g/mol. The van der Waals surface area contributed by atoms with E-state index in [9.17, 15) is 13.2 Å². The Bertz CT molecular complexity index is 906. The van der Waals surface area contributed by atoms with Crippen molar-refractivity contribution in [3.63, 3.8) is 0 Å². The molecular formula is C18H19ClN2O3S. The Labute approximate surface area is 152 Å². The van der Waals surface area contributed by atoms with E-state index >= 15 is 0 Å². The highest BCUT2D eigenvalue weighted by Crippen LogP contribution is 2.25. The van der Waals surface area contributed by atoms with Crippen molar-refractivity contribution in [1.29, 1.82) is 0 Å². The summed E-state index contributed by atoms with van der Waals surface area (Å²) in [4.78, 5) is 14.3. The second-order valence-electron chi connectivity index (χ2n) is 6.12. The Hall–Kier alpha value is -2.05. The zero-order valence-electron chi connectivity index (χ0n) is 13.8. The van der Waals surface area contributed by atoms with E-state index in [0.29, 0.717) is 18.8 Å². The molecule has 3 rings (SSSR count). The molecule has 1 heterocycles. The topological polar surface area (TPSA) is 66.5 Å². The summed E-state index contributed by atoms with van der Waals surface area (Å²) in [5.41, 5.74) is 1.64. The number of halogens is 1. The average Bonchev–Trinajstić information content (AvgIpc) is 3.08. The quantitative estimate of drug-likeness (QED) is 0.882. The van der Waals surface area contributed by atoms with Crippen molar-refractivity contribution in [2.24, 2.45) is 0 Å². The van der Waals surface area contributed by atoms with Crippen LogP contribution in [0.5, 0.6) is 0 Å². The number of likely N-dealkylation sites (tertiary alicyclic amines) is 1. The third-order valence-electron chi connectivity index (χ3n) is 4.14. The van der Waals surface area contributed by atoms with Gasteiger partial charge in [0.15, 0.2) is 0 Å². The minimum atomic E-state index is -3.81. The van der Waals surface area contributed by atoms with Crippen LogP contribution in [0.1, 0.15) is 28.8 Å². The molecule has 0 spiro atoms. The standard InChI is InChI=1S/C18H19ClN2O3S/c1-13-5-4-6-14(11-13)20-25(23,24)15-7-8-17(19)16(12-15)18(22)21-9-2-3-10-21/h4-8,11-12,20H,2-3,9-10H2,1H3. The van der Waals surface area contributed by atoms with Gasteiger partial charge in [-0.1, -0.05) is 23.7 Å². The van der Waals surface area contributed by atoms with E-state index in [2.05, 4.69) is 4.72 Å². The number of nitrogens with one attached hydrogen (secondary N) is 1. The molecule has 0 radical (unpaired) electrons. The first-order valence-corrected chi connectivity index (χ1v) is 9.91. The number of carbonyl (C=O) groups is 1. The molecule has 1 aliphatic rings. The van der Waals surface area contributed by atoms with Crippen LogP contribution in [0.15, 0.2) is 47.4 Å². The summed E-state index contributed by atoms with van der Waals surface area (Å²) in [6.07, 6.45) is 1.91. The highest BCUT2D eigenvalue weighted by molar-refractivity contribution is 7.92.